The summed E-state index contributed by atoms with van der Waals surface area (Å²) >= 11 is 0. The Kier molecular flexibility index (Phi) is 7.43. The van der Waals surface area contributed by atoms with Gasteiger partial charge >= 0.3 is 12.0 Å². The molecule has 2 rings (SSSR count). The zero-order valence-electron chi connectivity index (χ0n) is 17.1. The van der Waals surface area contributed by atoms with Crippen LogP contribution >= 0.6 is 0 Å². The van der Waals surface area contributed by atoms with E-state index in [9.17, 15) is 14.4 Å². The van der Waals surface area contributed by atoms with E-state index in [1.165, 1.54) is 13.5 Å². The Morgan fingerprint density at radius 2 is 1.71 bits per heavy atom. The maximum atomic E-state index is 12.4. The molecule has 1 aromatic carbocycles. The summed E-state index contributed by atoms with van der Waals surface area (Å²) < 4.78 is 4.48. The number of rotatable bonds is 5. The number of hydrogen-bond donors (Lipinski definition) is 3. The Hall–Kier alpha value is -2.57. The molecular formula is C21H31N3O4. The number of amides is 3. The molecule has 1 aliphatic carbocycles. The Morgan fingerprint density at radius 1 is 1.07 bits per heavy atom. The van der Waals surface area contributed by atoms with Gasteiger partial charge in [-0.3, -0.25) is 9.59 Å². The summed E-state index contributed by atoms with van der Waals surface area (Å²) in [4.78, 5) is 35.5. The highest BCUT2D eigenvalue weighted by molar-refractivity contribution is 5.97. The van der Waals surface area contributed by atoms with Gasteiger partial charge in [0, 0.05) is 17.3 Å². The van der Waals surface area contributed by atoms with Crippen molar-refractivity contribution in [3.8, 4) is 0 Å². The predicted octanol–water partition coefficient (Wildman–Crippen LogP) is 3.32. The average Bonchev–Trinajstić information content (AvgIpc) is 2.65. The molecule has 0 unspecified atom stereocenters. The summed E-state index contributed by atoms with van der Waals surface area (Å²) in [5, 5.41) is 8.42. The van der Waals surface area contributed by atoms with Crippen molar-refractivity contribution in [3.63, 3.8) is 0 Å². The Bertz CT molecular complexity index is 695. The van der Waals surface area contributed by atoms with E-state index >= 15 is 0 Å². The van der Waals surface area contributed by atoms with Crippen LogP contribution < -0.4 is 16.0 Å². The second-order valence-corrected chi connectivity index (χ2v) is 8.30. The molecule has 1 aliphatic rings. The number of hydrogen-bond acceptors (Lipinski definition) is 4. The van der Waals surface area contributed by atoms with Gasteiger partial charge in [0.2, 0.25) is 0 Å². The molecule has 3 N–H and O–H groups in total. The van der Waals surface area contributed by atoms with Gasteiger partial charge in [0.25, 0.3) is 5.91 Å². The number of urea groups is 1. The molecule has 1 saturated carbocycles. The van der Waals surface area contributed by atoms with Crippen molar-refractivity contribution < 1.29 is 19.1 Å². The molecule has 0 heterocycles. The fourth-order valence-corrected chi connectivity index (χ4v) is 3.71. The highest BCUT2D eigenvalue weighted by Gasteiger charge is 2.34. The first-order valence-electron chi connectivity index (χ1n) is 9.73. The Balaban J connectivity index is 1.90. The summed E-state index contributed by atoms with van der Waals surface area (Å²) in [6.07, 6.45) is 4.46. The van der Waals surface area contributed by atoms with Gasteiger partial charge < -0.3 is 20.7 Å². The summed E-state index contributed by atoms with van der Waals surface area (Å²) in [6.45, 7) is 6.48. The van der Waals surface area contributed by atoms with Gasteiger partial charge in [-0.1, -0.05) is 33.6 Å². The number of ether oxygens (including phenoxy) is 1. The molecule has 0 aliphatic heterocycles. The van der Waals surface area contributed by atoms with Crippen LogP contribution in [0.5, 0.6) is 0 Å². The molecule has 0 saturated heterocycles. The second-order valence-electron chi connectivity index (χ2n) is 8.30. The minimum atomic E-state index is -0.514. The lowest BCUT2D eigenvalue weighted by atomic mass is 9.69. The van der Waals surface area contributed by atoms with Crippen LogP contribution in [0.4, 0.5) is 10.5 Å². The van der Waals surface area contributed by atoms with Crippen LogP contribution in [-0.4, -0.2) is 37.6 Å². The average molecular weight is 389 g/mol. The minimum Gasteiger partial charge on any atom is -0.468 e. The molecule has 0 aromatic heterocycles. The molecule has 28 heavy (non-hydrogen) atoms. The molecule has 7 nitrogen and oxygen atoms in total. The number of benzene rings is 1. The van der Waals surface area contributed by atoms with Crippen molar-refractivity contribution in [3.05, 3.63) is 29.8 Å². The highest BCUT2D eigenvalue weighted by atomic mass is 16.5. The summed E-state index contributed by atoms with van der Waals surface area (Å²) in [7, 11) is 1.26. The van der Waals surface area contributed by atoms with Gasteiger partial charge in [-0.2, -0.15) is 0 Å². The van der Waals surface area contributed by atoms with E-state index in [0.717, 1.165) is 19.3 Å². The lowest BCUT2D eigenvalue weighted by molar-refractivity contribution is -0.139. The van der Waals surface area contributed by atoms with Crippen LogP contribution in [0.3, 0.4) is 0 Å². The van der Waals surface area contributed by atoms with Crippen molar-refractivity contribution in [2.45, 2.75) is 52.5 Å². The molecule has 0 bridgehead atoms. The smallest absolute Gasteiger partial charge is 0.325 e. The normalized spacial score (nSPS) is 19.4. The van der Waals surface area contributed by atoms with E-state index in [1.807, 2.05) is 0 Å². The molecule has 7 heteroatoms. The van der Waals surface area contributed by atoms with Gasteiger partial charge in [0.15, 0.2) is 0 Å². The standard InChI is InChI=1S/C21H31N3O4/c1-21(2,3)16-7-5-6-8-17(16)24-20(27)23-15-11-9-14(10-12-15)19(26)22-13-18(25)28-4/h9-12,16-17H,5-8,13H2,1-4H3,(H,22,26)(H2,23,24,27)/t16-,17-/m1/s1. The van der Waals surface area contributed by atoms with E-state index in [4.69, 9.17) is 0 Å². The van der Waals surface area contributed by atoms with Gasteiger partial charge in [0.1, 0.15) is 6.54 Å². The zero-order chi connectivity index (χ0) is 20.7. The molecule has 1 aromatic rings. The predicted molar refractivity (Wildman–Crippen MR) is 108 cm³/mol. The van der Waals surface area contributed by atoms with Gasteiger partial charge in [-0.05, 0) is 48.4 Å². The Morgan fingerprint density at radius 3 is 2.32 bits per heavy atom. The van der Waals surface area contributed by atoms with E-state index in [1.54, 1.807) is 24.3 Å². The van der Waals surface area contributed by atoms with Crippen molar-refractivity contribution in [2.24, 2.45) is 11.3 Å². The summed E-state index contributed by atoms with van der Waals surface area (Å²) in [6, 6.07) is 6.45. The third kappa shape index (κ3) is 6.25. The molecule has 0 radical (unpaired) electrons. The topological polar surface area (TPSA) is 96.5 Å². The van der Waals surface area contributed by atoms with Crippen LogP contribution in [-0.2, 0) is 9.53 Å². The van der Waals surface area contributed by atoms with E-state index in [-0.39, 0.29) is 29.9 Å². The maximum Gasteiger partial charge on any atom is 0.325 e. The van der Waals surface area contributed by atoms with E-state index in [2.05, 4.69) is 41.5 Å². The lowest BCUT2D eigenvalue weighted by Crippen LogP contribution is -2.48. The summed E-state index contributed by atoms with van der Waals surface area (Å²) in [5.41, 5.74) is 1.15. The van der Waals surface area contributed by atoms with Crippen molar-refractivity contribution in [1.82, 2.24) is 10.6 Å². The maximum absolute atomic E-state index is 12.4. The van der Waals surface area contributed by atoms with Gasteiger partial charge in [-0.25, -0.2) is 4.79 Å². The first-order valence-corrected chi connectivity index (χ1v) is 9.73. The lowest BCUT2D eigenvalue weighted by Gasteiger charge is -2.40. The van der Waals surface area contributed by atoms with Crippen molar-refractivity contribution >= 4 is 23.6 Å². The SMILES string of the molecule is COC(=O)CNC(=O)c1ccc(NC(=O)N[C@@H]2CCCC[C@H]2C(C)(C)C)cc1. The van der Waals surface area contributed by atoms with Crippen LogP contribution in [0.25, 0.3) is 0 Å². The number of esters is 1. The number of methoxy groups -OCH3 is 1. The third-order valence-corrected chi connectivity index (χ3v) is 5.22. The monoisotopic (exact) mass is 389 g/mol. The molecule has 2 atom stereocenters. The Labute approximate surface area is 166 Å². The van der Waals surface area contributed by atoms with Gasteiger partial charge in [-0.15, -0.1) is 0 Å². The molecular weight excluding hydrogens is 358 g/mol. The summed E-state index contributed by atoms with van der Waals surface area (Å²) in [5.74, 6) is -0.441. The largest absolute Gasteiger partial charge is 0.468 e. The van der Waals surface area contributed by atoms with Crippen LogP contribution in [0, 0.1) is 11.3 Å². The molecule has 1 fully saturated rings. The fraction of sp³-hybridized carbons (Fsp3) is 0.571. The molecule has 3 amide bonds. The first kappa shape index (κ1) is 21.7. The number of carbonyl (C=O) groups excluding carboxylic acids is 3. The number of anilines is 1. The van der Waals surface area contributed by atoms with E-state index < -0.39 is 5.97 Å². The van der Waals surface area contributed by atoms with Crippen LogP contribution in [0.1, 0.15) is 56.8 Å². The van der Waals surface area contributed by atoms with Crippen molar-refractivity contribution in [2.75, 3.05) is 19.0 Å². The minimum absolute atomic E-state index is 0.150. The van der Waals surface area contributed by atoms with Gasteiger partial charge in [0.05, 0.1) is 7.11 Å². The second kappa shape index (κ2) is 9.57. The van der Waals surface area contributed by atoms with Crippen LogP contribution in [0.2, 0.25) is 0 Å². The quantitative estimate of drug-likeness (QED) is 0.673. The number of carbonyl (C=O) groups is 3. The van der Waals surface area contributed by atoms with Crippen molar-refractivity contribution in [1.29, 1.82) is 0 Å². The number of nitrogens with one attached hydrogen (secondary N) is 3. The van der Waals surface area contributed by atoms with Crippen LogP contribution in [0.15, 0.2) is 24.3 Å². The van der Waals surface area contributed by atoms with E-state index in [0.29, 0.717) is 17.2 Å². The molecule has 154 valence electrons. The molecule has 0 spiro atoms. The first-order chi connectivity index (χ1) is 13.2. The third-order valence-electron chi connectivity index (χ3n) is 5.22. The highest BCUT2D eigenvalue weighted by Crippen LogP contribution is 2.38. The fourth-order valence-electron chi connectivity index (χ4n) is 3.71. The zero-order valence-corrected chi connectivity index (χ0v) is 17.1.